The molecule has 13 heavy (non-hydrogen) atoms. The summed E-state index contributed by atoms with van der Waals surface area (Å²) in [6.45, 7) is 0. The molecule has 0 amide bonds. The molecule has 0 fully saturated rings. The van der Waals surface area contributed by atoms with Crippen molar-refractivity contribution in [2.45, 2.75) is 0 Å². The number of hydrogen-bond acceptors (Lipinski definition) is 0. The first kappa shape index (κ1) is 748. The van der Waals surface area contributed by atoms with E-state index in [1.807, 2.05) is 0 Å². The van der Waals surface area contributed by atoms with Gasteiger partial charge in [0.25, 0.3) is 0 Å². The van der Waals surface area contributed by atoms with Crippen LogP contribution in [0.2, 0.25) is 0 Å². The molecule has 0 unspecified atom stereocenters. The Morgan fingerprint density at radius 3 is 0.231 bits per heavy atom. The molecule has 4 radical (unpaired) electrons. The van der Waals surface area contributed by atoms with Crippen LogP contribution >= 0.6 is 0 Å². The number of rotatable bonds is 0. The minimum Gasteiger partial charge on any atom is -2.00 e. The fourth-order valence-corrected chi connectivity index (χ4v) is 0. The Balaban J connectivity index is 0. The van der Waals surface area contributed by atoms with Crippen molar-refractivity contribution < 1.29 is 124 Å². The Morgan fingerprint density at radius 1 is 0.231 bits per heavy atom. The SMILES string of the molecule is [Co+2].[Co+2].[O-2].[O-2].[O-2].[O-2].[O-2].[O-2].[O-2].[O-2].[O-2].[Re].[Re]. The van der Waals surface area contributed by atoms with Crippen LogP contribution < -0.4 is 0 Å². The van der Waals surface area contributed by atoms with E-state index in [0.29, 0.717) is 0 Å². The van der Waals surface area contributed by atoms with E-state index in [2.05, 4.69) is 0 Å². The Kier molecular flexibility index (Phi) is 34600. The van der Waals surface area contributed by atoms with Gasteiger partial charge in [0, 0.05) is 40.8 Å². The Bertz CT molecular complexity index is 15.6. The van der Waals surface area contributed by atoms with Gasteiger partial charge in [-0.1, -0.05) is 0 Å². The van der Waals surface area contributed by atoms with Gasteiger partial charge in [0.15, 0.2) is 0 Å². The van der Waals surface area contributed by atoms with Crippen molar-refractivity contribution in [1.82, 2.24) is 0 Å². The van der Waals surface area contributed by atoms with Gasteiger partial charge in [-0.25, -0.2) is 0 Å². The second kappa shape index (κ2) is 602. The summed E-state index contributed by atoms with van der Waals surface area (Å²) >= 11 is 0. The fraction of sp³-hybridized carbons (Fsp3) is 0. The van der Waals surface area contributed by atoms with Crippen LogP contribution in [0.15, 0.2) is 0 Å². The topological polar surface area (TPSA) is 256 Å². The van der Waals surface area contributed by atoms with Crippen molar-refractivity contribution in [3.8, 4) is 0 Å². The van der Waals surface area contributed by atoms with Crippen molar-refractivity contribution >= 4 is 0 Å². The molecule has 0 spiro atoms. The van der Waals surface area contributed by atoms with Crippen LogP contribution in [0, 0.1) is 0 Å². The van der Waals surface area contributed by atoms with Crippen LogP contribution in [-0.4, -0.2) is 0 Å². The molecule has 13 heteroatoms. The molecule has 9 nitrogen and oxygen atoms in total. The van der Waals surface area contributed by atoms with Crippen molar-refractivity contribution in [2.75, 3.05) is 0 Å². The second-order valence-electron chi connectivity index (χ2n) is 0. The zero-order valence-corrected chi connectivity index (χ0v) is 12.6. The number of hydrogen-bond donors (Lipinski definition) is 0. The molecule has 0 aliphatic heterocycles. The largest absolute Gasteiger partial charge is 2.00 e. The van der Waals surface area contributed by atoms with Gasteiger partial charge in [-0.2, -0.15) is 0 Å². The van der Waals surface area contributed by atoms with E-state index in [-0.39, 0.29) is 124 Å². The average molecular weight is 634 g/mol. The maximum atomic E-state index is 0. The van der Waals surface area contributed by atoms with E-state index in [4.69, 9.17) is 0 Å². The third kappa shape index (κ3) is 513. The van der Waals surface area contributed by atoms with Gasteiger partial charge in [-0.3, -0.25) is 0 Å². The van der Waals surface area contributed by atoms with Crippen molar-refractivity contribution in [3.05, 3.63) is 0 Å². The molecule has 0 aromatic rings. The standard InChI is InChI=1S/2Co.9O.2Re/q2*+2;9*-2;;. The summed E-state index contributed by atoms with van der Waals surface area (Å²) in [7, 11) is 0. The van der Waals surface area contributed by atoms with E-state index in [1.54, 1.807) is 0 Å². The third-order valence-electron chi connectivity index (χ3n) is 0. The first-order valence-corrected chi connectivity index (χ1v) is 0. The smallest absolute Gasteiger partial charge is 2.00 e. The summed E-state index contributed by atoms with van der Waals surface area (Å²) in [5, 5.41) is 0. The molecule has 0 aromatic heterocycles. The predicted molar refractivity (Wildman–Crippen MR) is 6.18 cm³/mol. The molecule has 0 N–H and O–H groups in total. The Hall–Kier alpha value is 1.98. The molecular weight excluding hydrogens is 634 g/mol. The summed E-state index contributed by atoms with van der Waals surface area (Å²) in [6, 6.07) is 0. The fourth-order valence-electron chi connectivity index (χ4n) is 0. The van der Waals surface area contributed by atoms with Crippen LogP contribution in [-0.2, 0) is 124 Å². The van der Waals surface area contributed by atoms with Crippen LogP contribution in [0.4, 0.5) is 0 Å². The zero-order chi connectivity index (χ0) is 0. The first-order valence-electron chi connectivity index (χ1n) is 0. The summed E-state index contributed by atoms with van der Waals surface area (Å²) in [5.74, 6) is 0. The van der Waals surface area contributed by atoms with Crippen molar-refractivity contribution in [1.29, 1.82) is 0 Å². The molecule has 0 heterocycles. The average Bonchev–Trinajstić information content (AvgIpc) is 0. The molecule has 0 saturated carbocycles. The van der Waals surface area contributed by atoms with Crippen LogP contribution in [0.1, 0.15) is 0 Å². The summed E-state index contributed by atoms with van der Waals surface area (Å²) in [4.78, 5) is 0. The third-order valence-corrected chi connectivity index (χ3v) is 0. The minimum atomic E-state index is 0. The summed E-state index contributed by atoms with van der Waals surface area (Å²) < 4.78 is 0. The van der Waals surface area contributed by atoms with E-state index < -0.39 is 0 Å². The molecule has 0 aromatic carbocycles. The van der Waals surface area contributed by atoms with Crippen LogP contribution in [0.3, 0.4) is 0 Å². The van der Waals surface area contributed by atoms with Crippen LogP contribution in [0.5, 0.6) is 0 Å². The van der Waals surface area contributed by atoms with Gasteiger partial charge < -0.3 is 49.3 Å². The monoisotopic (exact) mass is 636 g/mol. The second-order valence-corrected chi connectivity index (χ2v) is 0. The molecule has 0 aliphatic carbocycles. The van der Waals surface area contributed by atoms with Gasteiger partial charge in [0.1, 0.15) is 0 Å². The van der Waals surface area contributed by atoms with E-state index >= 15 is 0 Å². The molecular formula is Co2O9Re2-14. The van der Waals surface area contributed by atoms with E-state index in [0.717, 1.165) is 0 Å². The van der Waals surface area contributed by atoms with E-state index in [9.17, 15) is 0 Å². The molecule has 0 atom stereocenters. The minimum absolute atomic E-state index is 0. The van der Waals surface area contributed by atoms with Gasteiger partial charge in [0.2, 0.25) is 0 Å². The Labute approximate surface area is 123 Å². The van der Waals surface area contributed by atoms with Crippen molar-refractivity contribution in [2.24, 2.45) is 0 Å². The summed E-state index contributed by atoms with van der Waals surface area (Å²) in [5.41, 5.74) is 0. The maximum absolute atomic E-state index is 0. The Morgan fingerprint density at radius 2 is 0.231 bits per heavy atom. The predicted octanol–water partition coefficient (Wildman–Crippen LogP) is -1.08. The normalized spacial score (nSPS) is 0. The van der Waals surface area contributed by atoms with Gasteiger partial charge >= 0.3 is 33.6 Å². The van der Waals surface area contributed by atoms with Gasteiger partial charge in [-0.05, 0) is 0 Å². The van der Waals surface area contributed by atoms with Gasteiger partial charge in [0.05, 0.1) is 0 Å². The van der Waals surface area contributed by atoms with Gasteiger partial charge in [-0.15, -0.1) is 0 Å². The molecule has 0 saturated heterocycles. The molecule has 0 aliphatic rings. The molecule has 100 valence electrons. The first-order chi connectivity index (χ1) is 0. The summed E-state index contributed by atoms with van der Waals surface area (Å²) in [6.07, 6.45) is 0. The zero-order valence-electron chi connectivity index (χ0n) is 5.10. The van der Waals surface area contributed by atoms with E-state index in [1.165, 1.54) is 0 Å². The maximum Gasteiger partial charge on any atom is 2.00 e. The molecule has 0 bridgehead atoms. The van der Waals surface area contributed by atoms with Crippen molar-refractivity contribution in [3.63, 3.8) is 0 Å². The molecule has 0 rings (SSSR count). The quantitative estimate of drug-likeness (QED) is 0.308. The van der Waals surface area contributed by atoms with Crippen LogP contribution in [0.25, 0.3) is 0 Å².